The molecule has 3 nitrogen and oxygen atoms in total. The van der Waals surface area contributed by atoms with Crippen molar-refractivity contribution >= 4 is 17.2 Å². The van der Waals surface area contributed by atoms with E-state index in [1.807, 2.05) is 18.2 Å². The molecule has 0 fully saturated rings. The van der Waals surface area contributed by atoms with Gasteiger partial charge in [0.15, 0.2) is 0 Å². The van der Waals surface area contributed by atoms with Crippen molar-refractivity contribution < 1.29 is 4.74 Å². The van der Waals surface area contributed by atoms with Gasteiger partial charge < -0.3 is 10.5 Å². The highest BCUT2D eigenvalue weighted by Gasteiger charge is 2.17. The molecule has 2 aromatic rings. The minimum absolute atomic E-state index is 0.169. The summed E-state index contributed by atoms with van der Waals surface area (Å²) in [6.07, 6.45) is 1.09. The van der Waals surface area contributed by atoms with Crippen LogP contribution in [-0.2, 0) is 5.41 Å². The molecule has 110 valence electrons. The van der Waals surface area contributed by atoms with Crippen LogP contribution in [0.15, 0.2) is 42.5 Å². The molecule has 0 bridgehead atoms. The summed E-state index contributed by atoms with van der Waals surface area (Å²) >= 11 is 4.92. The van der Waals surface area contributed by atoms with E-state index in [1.54, 1.807) is 12.1 Å². The minimum Gasteiger partial charge on any atom is -0.439 e. The number of pyridine rings is 1. The zero-order valence-corrected chi connectivity index (χ0v) is 13.4. The molecule has 0 unspecified atom stereocenters. The third-order valence-corrected chi connectivity index (χ3v) is 3.93. The molecule has 0 atom stereocenters. The zero-order chi connectivity index (χ0) is 15.5. The standard InChI is InChI=1S/C17H20N2OS/c1-4-17(2,3)12-8-10-13(11-9-12)20-15-7-5-6-14(19-15)16(18)21/h5-11H,4H2,1-3H3,(H2,18,21). The van der Waals surface area contributed by atoms with Crippen LogP contribution in [0.4, 0.5) is 0 Å². The zero-order valence-electron chi connectivity index (χ0n) is 12.6. The van der Waals surface area contributed by atoms with Crippen molar-refractivity contribution in [1.29, 1.82) is 0 Å². The van der Waals surface area contributed by atoms with Crippen LogP contribution in [0.25, 0.3) is 0 Å². The van der Waals surface area contributed by atoms with Gasteiger partial charge in [-0.1, -0.05) is 51.2 Å². The Balaban J connectivity index is 2.17. The number of hydrogen-bond donors (Lipinski definition) is 1. The van der Waals surface area contributed by atoms with Crippen LogP contribution in [0.5, 0.6) is 11.6 Å². The molecule has 2 N–H and O–H groups in total. The fourth-order valence-corrected chi connectivity index (χ4v) is 2.02. The molecule has 1 aromatic heterocycles. The van der Waals surface area contributed by atoms with Gasteiger partial charge in [-0.05, 0) is 35.6 Å². The third-order valence-electron chi connectivity index (χ3n) is 3.72. The molecule has 2 rings (SSSR count). The van der Waals surface area contributed by atoms with E-state index in [0.29, 0.717) is 11.6 Å². The highest BCUT2D eigenvalue weighted by molar-refractivity contribution is 7.80. The van der Waals surface area contributed by atoms with Crippen molar-refractivity contribution in [3.63, 3.8) is 0 Å². The Kier molecular flexibility index (Phi) is 4.58. The summed E-state index contributed by atoms with van der Waals surface area (Å²) in [5.41, 5.74) is 7.60. The summed E-state index contributed by atoms with van der Waals surface area (Å²) in [4.78, 5) is 4.53. The van der Waals surface area contributed by atoms with E-state index in [-0.39, 0.29) is 10.4 Å². The molecule has 0 aliphatic rings. The van der Waals surface area contributed by atoms with Gasteiger partial charge in [-0.3, -0.25) is 0 Å². The van der Waals surface area contributed by atoms with Crippen LogP contribution in [-0.4, -0.2) is 9.97 Å². The topological polar surface area (TPSA) is 48.1 Å². The smallest absolute Gasteiger partial charge is 0.219 e. The number of nitrogens with zero attached hydrogens (tertiary/aromatic N) is 1. The summed E-state index contributed by atoms with van der Waals surface area (Å²) in [6, 6.07) is 13.5. The molecule has 1 heterocycles. The van der Waals surface area contributed by atoms with Gasteiger partial charge in [0.25, 0.3) is 0 Å². The first-order chi connectivity index (χ1) is 9.92. The highest BCUT2D eigenvalue weighted by Crippen LogP contribution is 2.29. The monoisotopic (exact) mass is 300 g/mol. The van der Waals surface area contributed by atoms with Crippen LogP contribution in [0, 0.1) is 0 Å². The first kappa shape index (κ1) is 15.4. The second kappa shape index (κ2) is 6.22. The number of thiocarbonyl (C=S) groups is 1. The Labute approximate surface area is 131 Å². The lowest BCUT2D eigenvalue weighted by atomic mass is 9.82. The normalized spacial score (nSPS) is 11.2. The molecule has 0 saturated carbocycles. The lowest BCUT2D eigenvalue weighted by Crippen LogP contribution is -2.15. The molecule has 1 aromatic carbocycles. The summed E-state index contributed by atoms with van der Waals surface area (Å²) in [6.45, 7) is 6.65. The van der Waals surface area contributed by atoms with Crippen molar-refractivity contribution in [2.45, 2.75) is 32.6 Å². The number of aromatic nitrogens is 1. The van der Waals surface area contributed by atoms with Crippen LogP contribution in [0.2, 0.25) is 0 Å². The van der Waals surface area contributed by atoms with Crippen LogP contribution >= 0.6 is 12.2 Å². The molecule has 0 radical (unpaired) electrons. The third kappa shape index (κ3) is 3.79. The summed E-state index contributed by atoms with van der Waals surface area (Å²) < 4.78 is 5.74. The lowest BCUT2D eigenvalue weighted by molar-refractivity contribution is 0.460. The number of ether oxygens (including phenoxy) is 1. The fourth-order valence-electron chi connectivity index (χ4n) is 1.91. The Morgan fingerprint density at radius 3 is 2.43 bits per heavy atom. The van der Waals surface area contributed by atoms with Gasteiger partial charge in [0.05, 0.1) is 0 Å². The first-order valence-corrected chi connectivity index (χ1v) is 7.38. The average molecular weight is 300 g/mol. The van der Waals surface area contributed by atoms with Gasteiger partial charge in [-0.25, -0.2) is 4.98 Å². The van der Waals surface area contributed by atoms with Gasteiger partial charge in [0, 0.05) is 6.07 Å². The Morgan fingerprint density at radius 2 is 1.86 bits per heavy atom. The number of benzene rings is 1. The largest absolute Gasteiger partial charge is 0.439 e. The van der Waals surface area contributed by atoms with E-state index in [9.17, 15) is 0 Å². The maximum atomic E-state index is 5.74. The van der Waals surface area contributed by atoms with Crippen LogP contribution in [0.1, 0.15) is 38.4 Å². The number of nitrogens with two attached hydrogens (primary N) is 1. The summed E-state index contributed by atoms with van der Waals surface area (Å²) in [5, 5.41) is 0. The predicted octanol–water partition coefficient (Wildman–Crippen LogP) is 4.20. The summed E-state index contributed by atoms with van der Waals surface area (Å²) in [5.74, 6) is 1.24. The Hall–Kier alpha value is -1.94. The van der Waals surface area contributed by atoms with Gasteiger partial charge >= 0.3 is 0 Å². The predicted molar refractivity (Wildman–Crippen MR) is 90.0 cm³/mol. The second-order valence-electron chi connectivity index (χ2n) is 5.59. The fraction of sp³-hybridized carbons (Fsp3) is 0.294. The van der Waals surface area contributed by atoms with Crippen molar-refractivity contribution in [3.05, 3.63) is 53.7 Å². The van der Waals surface area contributed by atoms with E-state index in [4.69, 9.17) is 22.7 Å². The van der Waals surface area contributed by atoms with E-state index < -0.39 is 0 Å². The number of rotatable bonds is 5. The molecular formula is C17H20N2OS. The van der Waals surface area contributed by atoms with Crippen LogP contribution in [0.3, 0.4) is 0 Å². The molecule has 0 aliphatic carbocycles. The van der Waals surface area contributed by atoms with Gasteiger partial charge in [0.2, 0.25) is 5.88 Å². The van der Waals surface area contributed by atoms with E-state index in [1.165, 1.54) is 5.56 Å². The maximum Gasteiger partial charge on any atom is 0.219 e. The van der Waals surface area contributed by atoms with E-state index in [0.717, 1.165) is 12.2 Å². The average Bonchev–Trinajstić information content (AvgIpc) is 2.48. The molecule has 21 heavy (non-hydrogen) atoms. The van der Waals surface area contributed by atoms with Crippen molar-refractivity contribution in [3.8, 4) is 11.6 Å². The van der Waals surface area contributed by atoms with Crippen molar-refractivity contribution in [2.75, 3.05) is 0 Å². The molecule has 0 aliphatic heterocycles. The molecule has 0 amide bonds. The summed E-state index contributed by atoms with van der Waals surface area (Å²) in [7, 11) is 0. The van der Waals surface area contributed by atoms with E-state index >= 15 is 0 Å². The molecular weight excluding hydrogens is 280 g/mol. The van der Waals surface area contributed by atoms with Crippen molar-refractivity contribution in [2.24, 2.45) is 5.73 Å². The van der Waals surface area contributed by atoms with Gasteiger partial charge in [-0.2, -0.15) is 0 Å². The first-order valence-electron chi connectivity index (χ1n) is 6.97. The van der Waals surface area contributed by atoms with Gasteiger partial charge in [-0.15, -0.1) is 0 Å². The maximum absolute atomic E-state index is 5.74. The number of hydrogen-bond acceptors (Lipinski definition) is 3. The van der Waals surface area contributed by atoms with Crippen LogP contribution < -0.4 is 10.5 Å². The Bertz CT molecular complexity index is 635. The second-order valence-corrected chi connectivity index (χ2v) is 6.03. The SMILES string of the molecule is CCC(C)(C)c1ccc(Oc2cccc(C(N)=S)n2)cc1. The quantitative estimate of drug-likeness (QED) is 0.841. The van der Waals surface area contributed by atoms with Gasteiger partial charge in [0.1, 0.15) is 16.4 Å². The van der Waals surface area contributed by atoms with Crippen molar-refractivity contribution in [1.82, 2.24) is 4.98 Å². The highest BCUT2D eigenvalue weighted by atomic mass is 32.1. The van der Waals surface area contributed by atoms with E-state index in [2.05, 4.69) is 37.9 Å². The molecule has 4 heteroatoms. The molecule has 0 spiro atoms. The Morgan fingerprint density at radius 1 is 1.19 bits per heavy atom. The minimum atomic E-state index is 0.169. The lowest BCUT2D eigenvalue weighted by Gasteiger charge is -2.23. The molecule has 0 saturated heterocycles.